The summed E-state index contributed by atoms with van der Waals surface area (Å²) in [5.74, 6) is -0.310. The Balaban J connectivity index is 2.42. The zero-order valence-corrected chi connectivity index (χ0v) is 9.19. The zero-order valence-electron chi connectivity index (χ0n) is 8.44. The summed E-state index contributed by atoms with van der Waals surface area (Å²) in [6.45, 7) is 0. The van der Waals surface area contributed by atoms with E-state index in [-0.39, 0.29) is 11.8 Å². The number of ether oxygens (including phenoxy) is 1. The summed E-state index contributed by atoms with van der Waals surface area (Å²) >= 11 is 5.85. The maximum absolute atomic E-state index is 11.4. The fourth-order valence-electron chi connectivity index (χ4n) is 1.44. The number of amides is 2. The summed E-state index contributed by atoms with van der Waals surface area (Å²) < 4.78 is 5.01. The number of hydrogen-bond acceptors (Lipinski definition) is 3. The smallest absolute Gasteiger partial charge is 0.258 e. The molecule has 0 saturated carbocycles. The van der Waals surface area contributed by atoms with Gasteiger partial charge in [0.05, 0.1) is 17.8 Å². The third-order valence-corrected chi connectivity index (χ3v) is 2.51. The monoisotopic (exact) mass is 237 g/mol. The predicted octanol–water partition coefficient (Wildman–Crippen LogP) is 1.78. The van der Waals surface area contributed by atoms with Gasteiger partial charge in [-0.2, -0.15) is 0 Å². The molecule has 1 heterocycles. The van der Waals surface area contributed by atoms with E-state index in [0.29, 0.717) is 16.5 Å². The lowest BCUT2D eigenvalue weighted by Crippen LogP contribution is -2.29. The number of halogens is 1. The van der Waals surface area contributed by atoms with Crippen molar-refractivity contribution in [2.24, 2.45) is 0 Å². The lowest BCUT2D eigenvalue weighted by Gasteiger charge is -2.15. The first kappa shape index (κ1) is 10.7. The van der Waals surface area contributed by atoms with Crippen molar-refractivity contribution < 1.29 is 14.3 Å². The van der Waals surface area contributed by atoms with Gasteiger partial charge >= 0.3 is 0 Å². The average molecular weight is 238 g/mol. The Labute approximate surface area is 97.1 Å². The van der Waals surface area contributed by atoms with E-state index in [1.807, 2.05) is 0 Å². The Morgan fingerprint density at radius 3 is 2.38 bits per heavy atom. The average Bonchev–Trinajstić information content (AvgIpc) is 2.60. The molecular weight excluding hydrogens is 230 g/mol. The molecule has 2 amide bonds. The molecule has 4 nitrogen and oxygen atoms in total. The van der Waals surface area contributed by atoms with Crippen LogP contribution in [0.25, 0.3) is 0 Å². The van der Waals surface area contributed by atoms with Crippen LogP contribution in [0.4, 0.5) is 5.69 Å². The van der Waals surface area contributed by atoms with Crippen LogP contribution in [0.5, 0.6) is 5.75 Å². The van der Waals surface area contributed by atoms with Crippen LogP contribution in [-0.4, -0.2) is 18.9 Å². The van der Waals surface area contributed by atoms with Crippen molar-refractivity contribution >= 4 is 29.1 Å². The molecule has 82 valence electrons. The van der Waals surface area contributed by atoms with Crippen molar-refractivity contribution in [1.29, 1.82) is 0 Å². The van der Waals surface area contributed by atoms with Gasteiger partial charge in [-0.25, -0.2) is 4.90 Å². The van der Waals surface area contributed by atoms with Crippen molar-refractivity contribution in [3.8, 4) is 5.75 Å². The van der Waals surface area contributed by atoms with Gasteiger partial charge in [0.15, 0.2) is 0 Å². The minimum Gasteiger partial charge on any atom is -0.495 e. The Morgan fingerprint density at radius 1 is 1.19 bits per heavy atom. The van der Waals surface area contributed by atoms with Gasteiger partial charge in [0.25, 0.3) is 11.8 Å². The van der Waals surface area contributed by atoms with Crippen LogP contribution in [0.3, 0.4) is 0 Å². The molecule has 0 fully saturated rings. The fraction of sp³-hybridized carbons (Fsp3) is 0.0909. The highest BCUT2D eigenvalue weighted by Crippen LogP contribution is 2.30. The molecule has 0 bridgehead atoms. The number of nitrogens with zero attached hydrogens (tertiary/aromatic N) is 1. The first-order valence-electron chi connectivity index (χ1n) is 4.53. The number of benzene rings is 1. The Kier molecular flexibility index (Phi) is 2.66. The standard InChI is InChI=1S/C11H8ClNO3/c1-16-9-6-7(2-3-8(9)12)13-10(14)4-5-11(13)15/h2-6H,1H3. The third-order valence-electron chi connectivity index (χ3n) is 2.20. The summed E-state index contributed by atoms with van der Waals surface area (Å²) in [6, 6.07) is 4.72. The molecule has 1 aliphatic rings. The molecule has 0 aliphatic carbocycles. The molecule has 0 unspecified atom stereocenters. The number of anilines is 1. The molecule has 2 rings (SSSR count). The van der Waals surface area contributed by atoms with Crippen LogP contribution in [0.1, 0.15) is 0 Å². The van der Waals surface area contributed by atoms with Gasteiger partial charge in [0, 0.05) is 18.2 Å². The van der Waals surface area contributed by atoms with Crippen molar-refractivity contribution in [2.45, 2.75) is 0 Å². The number of methoxy groups -OCH3 is 1. The summed E-state index contributed by atoms with van der Waals surface area (Å²) in [5.41, 5.74) is 0.446. The second-order valence-electron chi connectivity index (χ2n) is 3.16. The maximum Gasteiger partial charge on any atom is 0.258 e. The number of carbonyl (C=O) groups excluding carboxylic acids is 2. The van der Waals surface area contributed by atoms with Crippen molar-refractivity contribution in [3.63, 3.8) is 0 Å². The van der Waals surface area contributed by atoms with Crippen molar-refractivity contribution in [3.05, 3.63) is 35.4 Å². The molecule has 0 atom stereocenters. The molecule has 0 aromatic heterocycles. The summed E-state index contributed by atoms with van der Waals surface area (Å²) in [5, 5.41) is 0.429. The molecule has 16 heavy (non-hydrogen) atoms. The van der Waals surface area contributed by atoms with Crippen molar-refractivity contribution in [1.82, 2.24) is 0 Å². The van der Waals surface area contributed by atoms with Crippen LogP contribution in [0.15, 0.2) is 30.4 Å². The largest absolute Gasteiger partial charge is 0.495 e. The lowest BCUT2D eigenvalue weighted by atomic mass is 10.2. The summed E-state index contributed by atoms with van der Waals surface area (Å²) in [6.07, 6.45) is 2.45. The molecule has 0 radical (unpaired) electrons. The second kappa shape index (κ2) is 3.98. The minimum absolute atomic E-state index is 0.366. The zero-order chi connectivity index (χ0) is 11.7. The van der Waals surface area contributed by atoms with Crippen LogP contribution < -0.4 is 9.64 Å². The molecular formula is C11H8ClNO3. The fourth-order valence-corrected chi connectivity index (χ4v) is 1.64. The van der Waals surface area contributed by atoms with Crippen LogP contribution in [0, 0.1) is 0 Å². The van der Waals surface area contributed by atoms with Crippen LogP contribution in [-0.2, 0) is 9.59 Å². The molecule has 1 aromatic carbocycles. The van der Waals surface area contributed by atoms with E-state index in [0.717, 1.165) is 4.90 Å². The lowest BCUT2D eigenvalue weighted by molar-refractivity contribution is -0.119. The minimum atomic E-state index is -0.366. The van der Waals surface area contributed by atoms with E-state index in [4.69, 9.17) is 16.3 Å². The van der Waals surface area contributed by atoms with Crippen molar-refractivity contribution in [2.75, 3.05) is 12.0 Å². The van der Waals surface area contributed by atoms with E-state index >= 15 is 0 Å². The predicted molar refractivity (Wildman–Crippen MR) is 59.6 cm³/mol. The first-order valence-corrected chi connectivity index (χ1v) is 4.91. The van der Waals surface area contributed by atoms with E-state index in [2.05, 4.69) is 0 Å². The Hall–Kier alpha value is -1.81. The highest BCUT2D eigenvalue weighted by molar-refractivity contribution is 6.32. The highest BCUT2D eigenvalue weighted by atomic mass is 35.5. The molecule has 5 heteroatoms. The third kappa shape index (κ3) is 1.67. The molecule has 0 N–H and O–H groups in total. The Morgan fingerprint density at radius 2 is 1.81 bits per heavy atom. The number of hydrogen-bond donors (Lipinski definition) is 0. The molecule has 0 saturated heterocycles. The van der Waals surface area contributed by atoms with Gasteiger partial charge in [0.2, 0.25) is 0 Å². The van der Waals surface area contributed by atoms with Gasteiger partial charge in [-0.3, -0.25) is 9.59 Å². The van der Waals surface area contributed by atoms with Gasteiger partial charge in [-0.05, 0) is 12.1 Å². The van der Waals surface area contributed by atoms with Gasteiger partial charge < -0.3 is 4.74 Å². The second-order valence-corrected chi connectivity index (χ2v) is 3.57. The van der Waals surface area contributed by atoms with E-state index in [1.54, 1.807) is 18.2 Å². The van der Waals surface area contributed by atoms with Gasteiger partial charge in [-0.15, -0.1) is 0 Å². The SMILES string of the molecule is COc1cc(N2C(=O)C=CC2=O)ccc1Cl. The topological polar surface area (TPSA) is 46.6 Å². The van der Waals surface area contributed by atoms with E-state index in [9.17, 15) is 9.59 Å². The molecule has 1 aliphatic heterocycles. The molecule has 1 aromatic rings. The highest BCUT2D eigenvalue weighted by Gasteiger charge is 2.25. The maximum atomic E-state index is 11.4. The van der Waals surface area contributed by atoms with Gasteiger partial charge in [-0.1, -0.05) is 11.6 Å². The number of carbonyl (C=O) groups is 2. The first-order chi connectivity index (χ1) is 7.63. The summed E-state index contributed by atoms with van der Waals surface area (Å²) in [7, 11) is 1.47. The van der Waals surface area contributed by atoms with E-state index in [1.165, 1.54) is 19.3 Å². The normalized spacial score (nSPS) is 14.8. The number of imide groups is 1. The quantitative estimate of drug-likeness (QED) is 0.737. The summed E-state index contributed by atoms with van der Waals surface area (Å²) in [4.78, 5) is 23.9. The van der Waals surface area contributed by atoms with Crippen LogP contribution >= 0.6 is 11.6 Å². The Bertz CT molecular complexity index is 478. The van der Waals surface area contributed by atoms with Gasteiger partial charge in [0.1, 0.15) is 5.75 Å². The van der Waals surface area contributed by atoms with Crippen LogP contribution in [0.2, 0.25) is 5.02 Å². The molecule has 0 spiro atoms. The van der Waals surface area contributed by atoms with E-state index < -0.39 is 0 Å². The number of rotatable bonds is 2.